The van der Waals surface area contributed by atoms with Crippen LogP contribution < -0.4 is 55.6 Å². The van der Waals surface area contributed by atoms with E-state index in [4.69, 9.17) is 0 Å². The van der Waals surface area contributed by atoms with E-state index in [9.17, 15) is 13.0 Å². The van der Waals surface area contributed by atoms with Gasteiger partial charge in [0.2, 0.25) is 0 Å². The van der Waals surface area contributed by atoms with Gasteiger partial charge in [-0.25, -0.2) is 8.42 Å². The average Bonchev–Trinajstić information content (AvgIpc) is 1.82. The van der Waals surface area contributed by atoms with E-state index in [-0.39, 0.29) is 57.1 Å². The molecule has 13 heavy (non-hydrogen) atoms. The quantitative estimate of drug-likeness (QED) is 0.327. The second kappa shape index (κ2) is 5.45. The molecule has 0 bridgehead atoms. The molecule has 0 N–H and O–H groups in total. The zero-order valence-corrected chi connectivity index (χ0v) is 11.3. The summed E-state index contributed by atoms with van der Waals surface area (Å²) in [7, 11) is -4.64. The molecular formula is C7H7KO4S. The van der Waals surface area contributed by atoms with Crippen LogP contribution in [0.15, 0.2) is 24.3 Å². The topological polar surface area (TPSA) is 66.4 Å². The smallest absolute Gasteiger partial charge is 0.716 e. The predicted molar refractivity (Wildman–Crippen MR) is 41.5 cm³/mol. The largest absolute Gasteiger partial charge is 1.00 e. The van der Waals surface area contributed by atoms with Crippen molar-refractivity contribution in [2.75, 3.05) is 0 Å². The van der Waals surface area contributed by atoms with E-state index in [0.717, 1.165) is 5.56 Å². The maximum absolute atomic E-state index is 10.1. The van der Waals surface area contributed by atoms with Gasteiger partial charge in [0.1, 0.15) is 5.75 Å². The number of hydrogen-bond acceptors (Lipinski definition) is 4. The van der Waals surface area contributed by atoms with Crippen LogP contribution in [0.3, 0.4) is 0 Å². The molecule has 66 valence electrons. The van der Waals surface area contributed by atoms with Gasteiger partial charge in [-0.3, -0.25) is 0 Å². The Kier molecular flexibility index (Phi) is 5.69. The fourth-order valence-electron chi connectivity index (χ4n) is 0.785. The van der Waals surface area contributed by atoms with E-state index in [1.54, 1.807) is 19.1 Å². The Balaban J connectivity index is 0.00000144. The molecule has 0 radical (unpaired) electrons. The van der Waals surface area contributed by atoms with Gasteiger partial charge in [0.05, 0.1) is 0 Å². The summed E-state index contributed by atoms with van der Waals surface area (Å²) in [4.78, 5) is 0. The van der Waals surface area contributed by atoms with Crippen molar-refractivity contribution in [3.05, 3.63) is 29.8 Å². The molecule has 0 fully saturated rings. The molecule has 4 nitrogen and oxygen atoms in total. The average molecular weight is 226 g/mol. The molecular weight excluding hydrogens is 219 g/mol. The first-order valence-corrected chi connectivity index (χ1v) is 4.53. The predicted octanol–water partition coefficient (Wildman–Crippen LogP) is -2.16. The molecule has 0 saturated heterocycles. The Morgan fingerprint density at radius 1 is 1.38 bits per heavy atom. The molecule has 0 atom stereocenters. The molecule has 6 heteroatoms. The first kappa shape index (κ1) is 13.6. The second-order valence-electron chi connectivity index (χ2n) is 2.31. The fraction of sp³-hybridized carbons (Fsp3) is 0.143. The normalized spacial score (nSPS) is 10.3. The van der Waals surface area contributed by atoms with Crippen molar-refractivity contribution in [2.24, 2.45) is 0 Å². The number of aryl methyl sites for hydroxylation is 1. The van der Waals surface area contributed by atoms with Crippen molar-refractivity contribution < 1.29 is 68.5 Å². The van der Waals surface area contributed by atoms with Crippen LogP contribution in [-0.2, 0) is 10.4 Å². The van der Waals surface area contributed by atoms with Gasteiger partial charge in [0, 0.05) is 0 Å². The van der Waals surface area contributed by atoms with Crippen LogP contribution in [0, 0.1) is 6.92 Å². The van der Waals surface area contributed by atoms with E-state index >= 15 is 0 Å². The van der Waals surface area contributed by atoms with E-state index in [1.165, 1.54) is 12.1 Å². The molecule has 1 aromatic rings. The van der Waals surface area contributed by atoms with E-state index < -0.39 is 10.4 Å². The van der Waals surface area contributed by atoms with Gasteiger partial charge in [-0.05, 0) is 24.6 Å². The molecule has 0 heterocycles. The summed E-state index contributed by atoms with van der Waals surface area (Å²) < 4.78 is 34.5. The van der Waals surface area contributed by atoms with Crippen LogP contribution in [0.4, 0.5) is 0 Å². The van der Waals surface area contributed by atoms with Gasteiger partial charge in [0.15, 0.2) is 0 Å². The maximum Gasteiger partial charge on any atom is 1.00 e. The van der Waals surface area contributed by atoms with Gasteiger partial charge >= 0.3 is 51.4 Å². The van der Waals surface area contributed by atoms with Gasteiger partial charge in [-0.1, -0.05) is 12.1 Å². The van der Waals surface area contributed by atoms with Gasteiger partial charge in [0.25, 0.3) is 10.4 Å². The molecule has 0 amide bonds. The minimum atomic E-state index is -4.64. The molecule has 1 rings (SSSR count). The Bertz CT molecular complexity index is 374. The SMILES string of the molecule is Cc1cccc(OS(=O)(=O)[O-])c1.[K+]. The molecule has 0 spiro atoms. The summed E-state index contributed by atoms with van der Waals surface area (Å²) in [6.45, 7) is 1.77. The third-order valence-electron chi connectivity index (χ3n) is 1.19. The van der Waals surface area contributed by atoms with Crippen molar-refractivity contribution in [3.63, 3.8) is 0 Å². The second-order valence-corrected chi connectivity index (χ2v) is 3.29. The van der Waals surface area contributed by atoms with Crippen molar-refractivity contribution >= 4 is 10.4 Å². The Morgan fingerprint density at radius 3 is 2.46 bits per heavy atom. The van der Waals surface area contributed by atoms with Crippen molar-refractivity contribution in [2.45, 2.75) is 6.92 Å². The minimum Gasteiger partial charge on any atom is -0.716 e. The van der Waals surface area contributed by atoms with Crippen molar-refractivity contribution in [3.8, 4) is 5.75 Å². The van der Waals surface area contributed by atoms with Gasteiger partial charge in [-0.15, -0.1) is 0 Å². The van der Waals surface area contributed by atoms with Gasteiger partial charge in [-0.2, -0.15) is 0 Å². The van der Waals surface area contributed by atoms with Crippen LogP contribution in [0.1, 0.15) is 5.56 Å². The summed E-state index contributed by atoms with van der Waals surface area (Å²) in [5.74, 6) is 0.0463. The number of rotatable bonds is 2. The minimum absolute atomic E-state index is 0. The number of hydrogen-bond donors (Lipinski definition) is 0. The number of benzene rings is 1. The Labute approximate surface area is 120 Å². The van der Waals surface area contributed by atoms with Crippen LogP contribution in [0.25, 0.3) is 0 Å². The molecule has 0 aliphatic rings. The monoisotopic (exact) mass is 226 g/mol. The summed E-state index contributed by atoms with van der Waals surface area (Å²) in [6, 6.07) is 6.25. The molecule has 0 aliphatic carbocycles. The maximum atomic E-state index is 10.1. The Hall–Kier alpha value is 0.566. The standard InChI is InChI=1S/C7H8O4S.K/c1-6-3-2-4-7(5-6)11-12(8,9)10;/h2-5H,1H3,(H,8,9,10);/q;+1/p-1. The first-order chi connectivity index (χ1) is 5.47. The van der Waals surface area contributed by atoms with E-state index in [0.29, 0.717) is 0 Å². The molecule has 0 aliphatic heterocycles. The zero-order chi connectivity index (χ0) is 9.19. The zero-order valence-electron chi connectivity index (χ0n) is 7.35. The molecule has 0 unspecified atom stereocenters. The third-order valence-corrected chi connectivity index (χ3v) is 1.58. The van der Waals surface area contributed by atoms with Gasteiger partial charge < -0.3 is 8.74 Å². The van der Waals surface area contributed by atoms with Crippen molar-refractivity contribution in [1.29, 1.82) is 0 Å². The molecule has 1 aromatic carbocycles. The van der Waals surface area contributed by atoms with Crippen LogP contribution >= 0.6 is 0 Å². The summed E-state index contributed by atoms with van der Waals surface area (Å²) >= 11 is 0. The fourth-order valence-corrected chi connectivity index (χ4v) is 1.12. The van der Waals surface area contributed by atoms with Crippen LogP contribution in [0.5, 0.6) is 5.75 Å². The summed E-state index contributed by atoms with van der Waals surface area (Å²) in [5, 5.41) is 0. The van der Waals surface area contributed by atoms with E-state index in [1.807, 2.05) is 0 Å². The van der Waals surface area contributed by atoms with Crippen LogP contribution in [-0.4, -0.2) is 13.0 Å². The van der Waals surface area contributed by atoms with Crippen molar-refractivity contribution in [1.82, 2.24) is 0 Å². The van der Waals surface area contributed by atoms with Crippen LogP contribution in [0.2, 0.25) is 0 Å². The summed E-state index contributed by atoms with van der Waals surface area (Å²) in [5.41, 5.74) is 0.830. The molecule has 0 aromatic heterocycles. The first-order valence-electron chi connectivity index (χ1n) is 3.19. The summed E-state index contributed by atoms with van der Waals surface area (Å²) in [6.07, 6.45) is 0. The molecule has 0 saturated carbocycles. The third kappa shape index (κ3) is 5.79. The Morgan fingerprint density at radius 2 is 2.00 bits per heavy atom. The van der Waals surface area contributed by atoms with E-state index in [2.05, 4.69) is 4.18 Å².